The van der Waals surface area contributed by atoms with Crippen molar-refractivity contribution in [3.8, 4) is 6.07 Å². The van der Waals surface area contributed by atoms with Gasteiger partial charge in [-0.2, -0.15) is 5.26 Å². The number of thioether (sulfide) groups is 2. The zero-order valence-electron chi connectivity index (χ0n) is 14.7. The number of fused-ring (bicyclic) bond motifs is 2. The minimum absolute atomic E-state index is 0.141. The van der Waals surface area contributed by atoms with Gasteiger partial charge in [0, 0.05) is 16.8 Å². The van der Waals surface area contributed by atoms with Crippen molar-refractivity contribution in [3.05, 3.63) is 77.3 Å². The van der Waals surface area contributed by atoms with Gasteiger partial charge in [0.05, 0.1) is 11.4 Å². The summed E-state index contributed by atoms with van der Waals surface area (Å²) in [5.41, 5.74) is 1.26. The highest BCUT2D eigenvalue weighted by molar-refractivity contribution is 8.03. The number of anilines is 1. The fourth-order valence-corrected chi connectivity index (χ4v) is 5.01. The van der Waals surface area contributed by atoms with E-state index in [1.165, 1.54) is 28.9 Å². The molecule has 5 heteroatoms. The molecule has 0 saturated carbocycles. The number of carbonyl (C=O) groups excluding carboxylic acids is 1. The van der Waals surface area contributed by atoms with Gasteiger partial charge in [0.2, 0.25) is 0 Å². The van der Waals surface area contributed by atoms with E-state index < -0.39 is 0 Å². The van der Waals surface area contributed by atoms with Crippen molar-refractivity contribution in [1.82, 2.24) is 0 Å². The van der Waals surface area contributed by atoms with Crippen LogP contribution < -0.4 is 4.90 Å². The summed E-state index contributed by atoms with van der Waals surface area (Å²) in [4.78, 5) is 16.8. The first-order valence-corrected chi connectivity index (χ1v) is 10.3. The molecule has 1 aliphatic heterocycles. The Kier molecular flexibility index (Phi) is 4.93. The third-order valence-electron chi connectivity index (χ3n) is 4.43. The molecule has 1 aliphatic rings. The lowest BCUT2D eigenvalue weighted by molar-refractivity contribution is -0.112. The van der Waals surface area contributed by atoms with Crippen molar-refractivity contribution in [2.75, 3.05) is 17.7 Å². The van der Waals surface area contributed by atoms with Gasteiger partial charge >= 0.3 is 0 Å². The van der Waals surface area contributed by atoms with Gasteiger partial charge in [-0.25, -0.2) is 0 Å². The van der Waals surface area contributed by atoms with Crippen LogP contribution in [0.4, 0.5) is 5.69 Å². The number of benzene rings is 3. The molecule has 0 atom stereocenters. The summed E-state index contributed by atoms with van der Waals surface area (Å²) < 4.78 is 0. The van der Waals surface area contributed by atoms with Gasteiger partial charge in [0.1, 0.15) is 16.7 Å². The van der Waals surface area contributed by atoms with E-state index >= 15 is 0 Å². The monoisotopic (exact) mass is 388 g/mol. The van der Waals surface area contributed by atoms with Crippen LogP contribution >= 0.6 is 23.5 Å². The predicted molar refractivity (Wildman–Crippen MR) is 113 cm³/mol. The number of hydrogen-bond donors (Lipinski definition) is 0. The molecule has 27 heavy (non-hydrogen) atoms. The van der Waals surface area contributed by atoms with Gasteiger partial charge in [-0.05, 0) is 35.0 Å². The van der Waals surface area contributed by atoms with E-state index in [0.717, 1.165) is 20.9 Å². The minimum Gasteiger partial charge on any atom is -0.337 e. The zero-order valence-corrected chi connectivity index (χ0v) is 16.3. The number of allylic oxidation sites excluding steroid dienone is 1. The second kappa shape index (κ2) is 7.51. The van der Waals surface area contributed by atoms with Crippen molar-refractivity contribution in [2.45, 2.75) is 9.79 Å². The van der Waals surface area contributed by atoms with Gasteiger partial charge in [-0.15, -0.1) is 11.8 Å². The van der Waals surface area contributed by atoms with Crippen molar-refractivity contribution >= 4 is 45.8 Å². The highest BCUT2D eigenvalue weighted by atomic mass is 32.2. The lowest BCUT2D eigenvalue weighted by Crippen LogP contribution is -2.16. The van der Waals surface area contributed by atoms with Crippen LogP contribution in [-0.2, 0) is 4.79 Å². The van der Waals surface area contributed by atoms with Crippen molar-refractivity contribution in [3.63, 3.8) is 0 Å². The maximum atomic E-state index is 12.8. The van der Waals surface area contributed by atoms with Crippen LogP contribution in [0.2, 0.25) is 0 Å². The third kappa shape index (κ3) is 3.46. The van der Waals surface area contributed by atoms with E-state index in [9.17, 15) is 10.1 Å². The summed E-state index contributed by atoms with van der Waals surface area (Å²) in [6.07, 6.45) is 0. The summed E-state index contributed by atoms with van der Waals surface area (Å²) in [6.45, 7) is 0. The topological polar surface area (TPSA) is 44.1 Å². The first-order valence-electron chi connectivity index (χ1n) is 8.47. The second-order valence-electron chi connectivity index (χ2n) is 6.14. The molecule has 0 amide bonds. The number of para-hydroxylation sites is 1. The molecule has 3 nitrogen and oxygen atoms in total. The highest BCUT2D eigenvalue weighted by Gasteiger charge is 2.27. The van der Waals surface area contributed by atoms with Crippen molar-refractivity contribution in [2.24, 2.45) is 0 Å². The van der Waals surface area contributed by atoms with Gasteiger partial charge in [0.15, 0.2) is 5.78 Å². The minimum atomic E-state index is -0.141. The number of hydrogen-bond acceptors (Lipinski definition) is 5. The number of rotatable bonds is 4. The summed E-state index contributed by atoms with van der Waals surface area (Å²) in [6, 6.07) is 24.4. The largest absolute Gasteiger partial charge is 0.337 e. The Morgan fingerprint density at radius 1 is 1.07 bits per heavy atom. The number of nitriles is 1. The molecular weight excluding hydrogens is 372 g/mol. The van der Waals surface area contributed by atoms with Crippen LogP contribution in [0.5, 0.6) is 0 Å². The summed E-state index contributed by atoms with van der Waals surface area (Å²) in [5.74, 6) is 0.105. The van der Waals surface area contributed by atoms with Crippen LogP contribution in [0, 0.1) is 11.3 Å². The average Bonchev–Trinajstić information content (AvgIpc) is 3.03. The fourth-order valence-electron chi connectivity index (χ4n) is 3.03. The molecule has 0 aliphatic carbocycles. The van der Waals surface area contributed by atoms with Crippen LogP contribution in [0.25, 0.3) is 10.8 Å². The standard InChI is InChI=1S/C22H16N2OS2/c1-24-19-8-4-5-9-21(19)27-22(24)18(13-23)20(25)14-26-17-11-10-15-6-2-3-7-16(15)12-17/h2-12H,14H2,1H3/b22-18-. The summed E-state index contributed by atoms with van der Waals surface area (Å²) >= 11 is 2.95. The van der Waals surface area contributed by atoms with Crippen LogP contribution in [0.3, 0.4) is 0 Å². The Hall–Kier alpha value is -2.68. The van der Waals surface area contributed by atoms with E-state index in [4.69, 9.17) is 0 Å². The van der Waals surface area contributed by atoms with E-state index in [1.807, 2.05) is 54.4 Å². The second-order valence-corrected chi connectivity index (χ2v) is 8.22. The van der Waals surface area contributed by atoms with Gasteiger partial charge < -0.3 is 4.90 Å². The number of Topliss-reactive ketones (excluding diaryl/α,β-unsaturated/α-hetero) is 1. The van der Waals surface area contributed by atoms with E-state index in [0.29, 0.717) is 5.03 Å². The SMILES string of the molecule is CN1/C(=C(\C#N)C(=O)CSc2ccc3ccccc3c2)Sc2ccccc21. The van der Waals surface area contributed by atoms with Gasteiger partial charge in [-0.1, -0.05) is 54.2 Å². The molecule has 3 aromatic rings. The third-order valence-corrected chi connectivity index (χ3v) is 6.66. The number of carbonyl (C=O) groups is 1. The molecule has 0 N–H and O–H groups in total. The molecule has 0 spiro atoms. The Bertz CT molecular complexity index is 1110. The molecule has 4 rings (SSSR count). The van der Waals surface area contributed by atoms with Crippen molar-refractivity contribution < 1.29 is 4.79 Å². The quantitative estimate of drug-likeness (QED) is 0.336. The number of ketones is 1. The lowest BCUT2D eigenvalue weighted by atomic mass is 10.1. The summed E-state index contributed by atoms with van der Waals surface area (Å²) in [5, 5.41) is 12.6. The smallest absolute Gasteiger partial charge is 0.186 e. The van der Waals surface area contributed by atoms with Crippen LogP contribution in [0.1, 0.15) is 0 Å². The lowest BCUT2D eigenvalue weighted by Gasteiger charge is -2.14. The first kappa shape index (κ1) is 17.7. The normalized spacial score (nSPS) is 14.7. The van der Waals surface area contributed by atoms with Crippen LogP contribution in [0.15, 0.2) is 87.1 Å². The van der Waals surface area contributed by atoms with Gasteiger partial charge in [-0.3, -0.25) is 4.79 Å². The molecule has 0 saturated heterocycles. The molecular formula is C22H16N2OS2. The van der Waals surface area contributed by atoms with Gasteiger partial charge in [0.25, 0.3) is 0 Å². The molecule has 132 valence electrons. The van der Waals surface area contributed by atoms with Crippen LogP contribution in [-0.4, -0.2) is 18.6 Å². The number of nitrogens with zero attached hydrogens (tertiary/aromatic N) is 2. The average molecular weight is 389 g/mol. The molecule has 0 fully saturated rings. The molecule has 1 heterocycles. The Morgan fingerprint density at radius 2 is 1.81 bits per heavy atom. The Balaban J connectivity index is 1.54. The molecule has 0 bridgehead atoms. The zero-order chi connectivity index (χ0) is 18.8. The Morgan fingerprint density at radius 3 is 2.59 bits per heavy atom. The van der Waals surface area contributed by atoms with E-state index in [2.05, 4.69) is 30.3 Å². The maximum absolute atomic E-state index is 12.8. The predicted octanol–water partition coefficient (Wildman–Crippen LogP) is 5.48. The highest BCUT2D eigenvalue weighted by Crippen LogP contribution is 2.46. The first-order chi connectivity index (χ1) is 13.2. The molecule has 0 aromatic heterocycles. The fraction of sp³-hybridized carbons (Fsp3) is 0.0909. The van der Waals surface area contributed by atoms with Crippen molar-refractivity contribution in [1.29, 1.82) is 5.26 Å². The van der Waals surface area contributed by atoms with E-state index in [1.54, 1.807) is 0 Å². The molecule has 3 aromatic carbocycles. The Labute approximate surface area is 166 Å². The molecule has 0 unspecified atom stereocenters. The van der Waals surface area contributed by atoms with E-state index in [-0.39, 0.29) is 17.1 Å². The molecule has 0 radical (unpaired) electrons. The summed E-state index contributed by atoms with van der Waals surface area (Å²) in [7, 11) is 1.90. The maximum Gasteiger partial charge on any atom is 0.186 e.